The molecule has 606 valence electrons. The molecule has 0 atom stereocenters. The highest BCUT2D eigenvalue weighted by atomic mass is 31.0. The van der Waals surface area contributed by atoms with Gasteiger partial charge in [0.05, 0.1) is 0 Å². The van der Waals surface area contributed by atoms with Crippen molar-refractivity contribution in [3.05, 3.63) is 182 Å². The molecule has 0 N–H and O–H groups in total. The third kappa shape index (κ3) is 43.5. The predicted molar refractivity (Wildman–Crippen MR) is 561 cm³/mol. The Bertz CT molecular complexity index is 6130. The number of rotatable bonds is 13. The topological polar surface area (TPSA) is 0 Å². The minimum atomic E-state index is -1.40. The molecule has 0 saturated carbocycles. The smallest absolute Gasteiger partial charge is 0.0497 e. The largest absolute Gasteiger partial charge is 0.106 e. The third-order valence-electron chi connectivity index (χ3n) is 17.2. The maximum atomic E-state index is 4.88. The van der Waals surface area contributed by atoms with Crippen molar-refractivity contribution in [2.75, 3.05) is 0 Å². The molecule has 4 aromatic carbocycles. The number of hydrogen-bond donors (Lipinski definition) is 0. The van der Waals surface area contributed by atoms with Crippen LogP contribution in [0.5, 0.6) is 0 Å². The van der Waals surface area contributed by atoms with Gasteiger partial charge in [-0.05, 0) is 411 Å². The average Bonchev–Trinajstić information content (AvgIpc) is 0.762. The molecule has 0 aliphatic carbocycles. The highest BCUT2D eigenvalue weighted by molar-refractivity contribution is 7.36. The quantitative estimate of drug-likeness (QED) is 0.0797. The first-order valence-electron chi connectivity index (χ1n) is 40.0. The molecule has 0 saturated heterocycles. The van der Waals surface area contributed by atoms with Gasteiger partial charge in [0.25, 0.3) is 0 Å². The fourth-order valence-electron chi connectivity index (χ4n) is 14.8. The van der Waals surface area contributed by atoms with Gasteiger partial charge in [0.1, 0.15) is 0 Å². The summed E-state index contributed by atoms with van der Waals surface area (Å²) in [6, 6.07) is 47.9. The molecule has 7 rings (SSSR count). The Morgan fingerprint density at radius 2 is 0.480 bits per heavy atom. The lowest BCUT2D eigenvalue weighted by molar-refractivity contribution is 1.22. The van der Waals surface area contributed by atoms with Gasteiger partial charge in [-0.15, -0.1) is 12.8 Å². The number of benzene rings is 4. The van der Waals surface area contributed by atoms with E-state index in [0.29, 0.717) is 0 Å². The first kappa shape index (κ1) is 107. The molecule has 3 aromatic heterocycles. The zero-order valence-electron chi connectivity index (χ0n) is 77.4. The van der Waals surface area contributed by atoms with Crippen molar-refractivity contribution >= 4 is 73.0 Å². The van der Waals surface area contributed by atoms with Gasteiger partial charge in [0.2, 0.25) is 0 Å². The number of terminal acetylenes is 2. The van der Waals surface area contributed by atoms with Crippen LogP contribution in [0.4, 0.5) is 0 Å². The number of aryl methyl sites for hydroxylation is 6. The summed E-state index contributed by atoms with van der Waals surface area (Å²) in [4.78, 5) is 0. The average molecular weight is 1740 g/mol. The highest BCUT2D eigenvalue weighted by Crippen LogP contribution is 2.49. The lowest BCUT2D eigenvalue weighted by Crippen LogP contribution is -2.46. The van der Waals surface area contributed by atoms with Crippen LogP contribution in [0.25, 0.3) is 44.0 Å². The molecule has 0 amide bonds. The van der Waals surface area contributed by atoms with Crippen molar-refractivity contribution in [3.8, 4) is 305 Å². The summed E-state index contributed by atoms with van der Waals surface area (Å²) in [6.07, 6.45) is 9.76. The molecule has 9 heteroatoms. The van der Waals surface area contributed by atoms with Gasteiger partial charge in [0.15, 0.2) is 0 Å². The lowest BCUT2D eigenvalue weighted by Gasteiger charge is -2.39. The second kappa shape index (κ2) is 56.9. The third-order valence-corrected chi connectivity index (χ3v) is 50.1. The van der Waals surface area contributed by atoms with Crippen LogP contribution in [-0.2, 0) is 0 Å². The summed E-state index contributed by atoms with van der Waals surface area (Å²) in [5, 5.41) is 10.4. The minimum Gasteiger partial charge on any atom is -0.106 e. The Morgan fingerprint density at radius 1 is 0.236 bits per heavy atom. The van der Waals surface area contributed by atoms with Crippen LogP contribution in [0.1, 0.15) is 92.5 Å². The first-order chi connectivity index (χ1) is 58.2. The van der Waals surface area contributed by atoms with E-state index in [1.165, 1.54) is 102 Å². The molecular weight excluding hydrogens is 1630 g/mol. The zero-order valence-corrected chi connectivity index (χ0v) is 86.1. The van der Waals surface area contributed by atoms with Gasteiger partial charge in [-0.3, -0.25) is 0 Å². The van der Waals surface area contributed by atoms with Crippen LogP contribution in [0.3, 0.4) is 0 Å². The summed E-state index contributed by atoms with van der Waals surface area (Å²) in [5.74, 6) is 107. The van der Waals surface area contributed by atoms with E-state index >= 15 is 0 Å². The van der Waals surface area contributed by atoms with Gasteiger partial charge in [-0.25, -0.2) is 0 Å². The Labute approximate surface area is 757 Å². The molecule has 0 fully saturated rings. The molecule has 7 aromatic rings. The Kier molecular flexibility index (Phi) is 49.3. The van der Waals surface area contributed by atoms with Crippen LogP contribution in [0.15, 0.2) is 133 Å². The summed E-state index contributed by atoms with van der Waals surface area (Å²) in [6.45, 7) is 66.3. The molecular formula is C114H111P3Si6. The second-order valence-electron chi connectivity index (χ2n) is 34.1. The van der Waals surface area contributed by atoms with Crippen LogP contribution >= 0.6 is 24.6 Å². The maximum Gasteiger partial charge on any atom is 0.0497 e. The van der Waals surface area contributed by atoms with Crippen molar-refractivity contribution in [1.82, 2.24) is 0 Å². The van der Waals surface area contributed by atoms with Crippen molar-refractivity contribution < 1.29 is 0 Å². The fourth-order valence-corrected chi connectivity index (χ4v) is 63.1. The van der Waals surface area contributed by atoms with Gasteiger partial charge in [-0.2, -0.15) is 0 Å². The second-order valence-corrected chi connectivity index (χ2v) is 71.3. The Morgan fingerprint density at radius 3 is 0.756 bits per heavy atom. The van der Waals surface area contributed by atoms with E-state index < -0.39 is 48.4 Å². The molecule has 0 unspecified atom stereocenters. The molecule has 0 aliphatic heterocycles. The van der Waals surface area contributed by atoms with Gasteiger partial charge in [-0.1, -0.05) is 280 Å². The summed E-state index contributed by atoms with van der Waals surface area (Å²) in [7, 11) is -3.33. The Hall–Kier alpha value is -12.5. The van der Waals surface area contributed by atoms with Gasteiger partial charge < -0.3 is 0 Å². The molecule has 3 heterocycles. The SMILES string of the molecule is C#CC#CC#CC#CC#CC#CC#CC.C#CC#CC#CC#CC#CC#CC#CC#CC.CC#CC#CC#CC#CC#CC#CC#CC.C[Si](C)(C)C(c1cc(-c2ccccc2)cc(-c2ccccc2)p1)[Si](C)(C)C.C[Si](C)(C)C(c1ccccp1)[Si](C)(C)C.Cc1cc(C)c(-c2cc(-c3c(C)cc(C)cc3C)pc(C([Si](C)(C)C)[Si](C)(C)C)c2)c(C)c1. The highest BCUT2D eigenvalue weighted by Gasteiger charge is 2.41. The first-order valence-corrected chi connectivity index (χ1v) is 64.2. The van der Waals surface area contributed by atoms with E-state index in [1.807, 2.05) is 0 Å². The van der Waals surface area contributed by atoms with Crippen LogP contribution in [0, 0.1) is 303 Å². The molecule has 0 radical (unpaired) electrons. The monoisotopic (exact) mass is 1740 g/mol. The maximum absolute atomic E-state index is 4.88. The summed E-state index contributed by atoms with van der Waals surface area (Å²) < 4.78 is 0. The molecule has 0 bridgehead atoms. The van der Waals surface area contributed by atoms with Crippen molar-refractivity contribution in [3.63, 3.8) is 0 Å². The van der Waals surface area contributed by atoms with Crippen molar-refractivity contribution in [2.45, 2.75) is 203 Å². The van der Waals surface area contributed by atoms with Crippen molar-refractivity contribution in [2.24, 2.45) is 0 Å². The van der Waals surface area contributed by atoms with Crippen LogP contribution in [0.2, 0.25) is 118 Å². The number of hydrogen-bond acceptors (Lipinski definition) is 0. The molecule has 0 aliphatic rings. The zero-order chi connectivity index (χ0) is 91.9. The summed E-state index contributed by atoms with van der Waals surface area (Å²) in [5.41, 5.74) is 16.6. The van der Waals surface area contributed by atoms with Crippen LogP contribution in [-0.4, -0.2) is 48.4 Å². The van der Waals surface area contributed by atoms with Gasteiger partial charge >= 0.3 is 0 Å². The minimum absolute atomic E-state index is 0.752. The van der Waals surface area contributed by atoms with E-state index in [4.69, 9.17) is 12.8 Å². The van der Waals surface area contributed by atoms with Crippen LogP contribution < -0.4 is 0 Å². The Balaban J connectivity index is 0.000000517. The normalized spacial score (nSPS) is 9.37. The molecule has 0 spiro atoms. The van der Waals surface area contributed by atoms with E-state index in [2.05, 4.69) is 541 Å². The summed E-state index contributed by atoms with van der Waals surface area (Å²) >= 11 is 0. The van der Waals surface area contributed by atoms with Crippen molar-refractivity contribution in [1.29, 1.82) is 0 Å². The lowest BCUT2D eigenvalue weighted by atomic mass is 9.93. The van der Waals surface area contributed by atoms with E-state index in [9.17, 15) is 0 Å². The van der Waals surface area contributed by atoms with E-state index in [-0.39, 0.29) is 0 Å². The van der Waals surface area contributed by atoms with E-state index in [1.54, 1.807) is 43.6 Å². The predicted octanol–water partition coefficient (Wildman–Crippen LogP) is 26.2. The molecule has 0 nitrogen and oxygen atoms in total. The van der Waals surface area contributed by atoms with E-state index in [0.717, 1.165) is 15.5 Å². The van der Waals surface area contributed by atoms with Gasteiger partial charge in [0, 0.05) is 59.0 Å². The standard InChI is InChI=1S/C30H43PSi2.C24H31PSi2.C17H4.C16H6.C15H4.C12H23PSi2/c1-19-13-21(3)28(22(4)14-19)25-17-26(29-23(5)15-20(2)16-24(29)6)31-27(18-25)30(32(7,8)9)33(10,11)12;1-26(2,3)24(27(4,5)6)23-18-21(19-13-9-7-10-14-19)17-22(25-23)20-15-11-8-12-16-20;1-3-5-7-9-11-13-15-17-16-14-12-10-8-6-4-2;1-3-5-7-9-11-13-15-16-14-12-10-8-6-4-2;1-3-5-7-9-11-13-15-14-12-10-8-6-4-2;1-14(2,3)12(15(4,5)6)11-9-7-8-10-13-11/h13-18,30H,1-12H3;7-18,24H,1-6H3;1H,2H3;1-2H3;1H,2H3;7-10,12H,1-6H3. The fraction of sp³-hybridized carbons (Fsp3) is 0.272. The molecule has 123 heavy (non-hydrogen) atoms.